The number of rotatable bonds is 3. The van der Waals surface area contributed by atoms with Crippen LogP contribution in [0.25, 0.3) is 5.65 Å². The molecule has 1 saturated heterocycles. The quantitative estimate of drug-likeness (QED) is 0.714. The van der Waals surface area contributed by atoms with Gasteiger partial charge in [-0.3, -0.25) is 19.5 Å². The first-order chi connectivity index (χ1) is 13.0. The third-order valence-electron chi connectivity index (χ3n) is 5.06. The maximum atomic E-state index is 12.8. The molecule has 3 aromatic heterocycles. The van der Waals surface area contributed by atoms with Crippen LogP contribution in [0.4, 0.5) is 0 Å². The van der Waals surface area contributed by atoms with Crippen LogP contribution in [-0.2, 0) is 6.42 Å². The zero-order valence-electron chi connectivity index (χ0n) is 15.2. The summed E-state index contributed by atoms with van der Waals surface area (Å²) in [6, 6.07) is 4.33. The van der Waals surface area contributed by atoms with Gasteiger partial charge in [0.05, 0.1) is 11.7 Å². The largest absolute Gasteiger partial charge is 0.329 e. The van der Waals surface area contributed by atoms with Gasteiger partial charge in [-0.05, 0) is 32.3 Å². The number of carbonyl (C=O) groups excluding carboxylic acids is 1. The average Bonchev–Trinajstić information content (AvgIpc) is 3.28. The molecule has 0 radical (unpaired) electrons. The summed E-state index contributed by atoms with van der Waals surface area (Å²) < 4.78 is 1.44. The summed E-state index contributed by atoms with van der Waals surface area (Å²) >= 11 is 0. The van der Waals surface area contributed by atoms with Crippen LogP contribution in [0.2, 0.25) is 0 Å². The van der Waals surface area contributed by atoms with Gasteiger partial charge in [-0.1, -0.05) is 6.92 Å². The predicted molar refractivity (Wildman–Crippen MR) is 97.8 cm³/mol. The molecule has 4 rings (SSSR count). The van der Waals surface area contributed by atoms with E-state index >= 15 is 0 Å². The van der Waals surface area contributed by atoms with Crippen LogP contribution < -0.4 is 11.1 Å². The molecular weight excluding hydrogens is 348 g/mol. The normalized spacial score (nSPS) is 17.0. The van der Waals surface area contributed by atoms with Crippen LogP contribution in [0.15, 0.2) is 27.8 Å². The minimum atomic E-state index is -0.354. The molecule has 0 aliphatic carbocycles. The highest BCUT2D eigenvalue weighted by atomic mass is 16.2. The number of aryl methyl sites for hydroxylation is 1. The molecule has 1 aliphatic heterocycles. The van der Waals surface area contributed by atoms with E-state index in [1.54, 1.807) is 4.90 Å². The Morgan fingerprint density at radius 2 is 2.15 bits per heavy atom. The topological polar surface area (TPSA) is 116 Å². The summed E-state index contributed by atoms with van der Waals surface area (Å²) in [5.41, 5.74) is 2.45. The molecule has 0 bridgehead atoms. The summed E-state index contributed by atoms with van der Waals surface area (Å²) in [6.45, 7) is 4.34. The van der Waals surface area contributed by atoms with Gasteiger partial charge in [0.1, 0.15) is 5.69 Å². The molecule has 1 atom stereocenters. The van der Waals surface area contributed by atoms with Crippen molar-refractivity contribution in [3.05, 3.63) is 61.6 Å². The standard InChI is InChI=1S/C18H20N6O3/c1-3-11-10(2)19-15-9-13(22-24(15)17(11)26)14-5-4-8-23(14)18(27)12-6-7-16(25)21-20-12/h6-7,9,14,22H,3-5,8H2,1-2H3,(H,21,25). The number of nitrogens with one attached hydrogen (secondary N) is 2. The van der Waals surface area contributed by atoms with E-state index in [0.717, 1.165) is 24.2 Å². The van der Waals surface area contributed by atoms with Gasteiger partial charge in [0.2, 0.25) is 0 Å². The van der Waals surface area contributed by atoms with Gasteiger partial charge in [0, 0.05) is 29.9 Å². The van der Waals surface area contributed by atoms with Crippen LogP contribution in [-0.4, -0.2) is 42.1 Å². The number of hydrogen-bond donors (Lipinski definition) is 2. The van der Waals surface area contributed by atoms with E-state index < -0.39 is 0 Å². The minimum Gasteiger partial charge on any atom is -0.329 e. The molecule has 0 spiro atoms. The molecule has 1 fully saturated rings. The van der Waals surface area contributed by atoms with Gasteiger partial charge in [-0.15, -0.1) is 0 Å². The summed E-state index contributed by atoms with van der Waals surface area (Å²) in [5, 5.41) is 9.25. The Labute approximate surface area is 154 Å². The van der Waals surface area contributed by atoms with Crippen molar-refractivity contribution in [1.82, 2.24) is 29.7 Å². The maximum Gasteiger partial charge on any atom is 0.276 e. The van der Waals surface area contributed by atoms with Crippen LogP contribution >= 0.6 is 0 Å². The lowest BCUT2D eigenvalue weighted by Gasteiger charge is -2.23. The molecule has 1 unspecified atom stereocenters. The fourth-order valence-electron chi connectivity index (χ4n) is 3.71. The first-order valence-electron chi connectivity index (χ1n) is 8.97. The first kappa shape index (κ1) is 17.2. The van der Waals surface area contributed by atoms with Crippen molar-refractivity contribution in [2.24, 2.45) is 0 Å². The molecule has 0 saturated carbocycles. The summed E-state index contributed by atoms with van der Waals surface area (Å²) in [7, 11) is 0. The maximum absolute atomic E-state index is 12.8. The lowest BCUT2D eigenvalue weighted by Crippen LogP contribution is -2.32. The molecular formula is C18H20N6O3. The fourth-order valence-corrected chi connectivity index (χ4v) is 3.71. The van der Waals surface area contributed by atoms with Crippen molar-refractivity contribution >= 4 is 11.6 Å². The number of amides is 1. The van der Waals surface area contributed by atoms with Gasteiger partial charge >= 0.3 is 0 Å². The van der Waals surface area contributed by atoms with Gasteiger partial charge in [0.15, 0.2) is 5.65 Å². The predicted octanol–water partition coefficient (Wildman–Crippen LogP) is 0.954. The number of aromatic amines is 2. The van der Waals surface area contributed by atoms with E-state index in [1.807, 2.05) is 19.9 Å². The third kappa shape index (κ3) is 2.84. The van der Waals surface area contributed by atoms with Crippen LogP contribution in [0, 0.1) is 6.92 Å². The molecule has 27 heavy (non-hydrogen) atoms. The van der Waals surface area contributed by atoms with Crippen molar-refractivity contribution in [3.63, 3.8) is 0 Å². The Balaban J connectivity index is 1.72. The zero-order chi connectivity index (χ0) is 19.1. The van der Waals surface area contributed by atoms with E-state index in [9.17, 15) is 14.4 Å². The van der Waals surface area contributed by atoms with E-state index in [4.69, 9.17) is 0 Å². The lowest BCUT2D eigenvalue weighted by molar-refractivity contribution is 0.0725. The Morgan fingerprint density at radius 3 is 2.85 bits per heavy atom. The monoisotopic (exact) mass is 368 g/mol. The lowest BCUT2D eigenvalue weighted by atomic mass is 10.1. The molecule has 4 heterocycles. The summed E-state index contributed by atoms with van der Waals surface area (Å²) in [5.74, 6) is -0.252. The van der Waals surface area contributed by atoms with Crippen molar-refractivity contribution < 1.29 is 4.79 Å². The number of aromatic nitrogens is 5. The van der Waals surface area contributed by atoms with Crippen molar-refractivity contribution in [3.8, 4) is 0 Å². The number of nitrogens with zero attached hydrogens (tertiary/aromatic N) is 4. The molecule has 0 aromatic carbocycles. The van der Waals surface area contributed by atoms with E-state index in [2.05, 4.69) is 20.3 Å². The highest BCUT2D eigenvalue weighted by molar-refractivity contribution is 5.92. The second kappa shape index (κ2) is 6.49. The highest BCUT2D eigenvalue weighted by Crippen LogP contribution is 2.32. The number of H-pyrrole nitrogens is 2. The number of hydrogen-bond acceptors (Lipinski definition) is 5. The Kier molecular flexibility index (Phi) is 4.14. The molecule has 3 aromatic rings. The van der Waals surface area contributed by atoms with Crippen LogP contribution in [0.3, 0.4) is 0 Å². The Bertz CT molecular complexity index is 1120. The molecule has 9 nitrogen and oxygen atoms in total. The van der Waals surface area contributed by atoms with Gasteiger partial charge < -0.3 is 4.90 Å². The molecule has 1 amide bonds. The first-order valence-corrected chi connectivity index (χ1v) is 8.97. The fraction of sp³-hybridized carbons (Fsp3) is 0.389. The number of likely N-dealkylation sites (tertiary alicyclic amines) is 1. The van der Waals surface area contributed by atoms with Gasteiger partial charge in [-0.25, -0.2) is 14.6 Å². The second-order valence-electron chi connectivity index (χ2n) is 6.70. The van der Waals surface area contributed by atoms with Crippen LogP contribution in [0.1, 0.15) is 53.2 Å². The smallest absolute Gasteiger partial charge is 0.276 e. The van der Waals surface area contributed by atoms with Gasteiger partial charge in [-0.2, -0.15) is 5.10 Å². The SMILES string of the molecule is CCc1c(C)nc2cc(C3CCCN3C(=O)c3ccc(=O)[nH]n3)[nH]n2c1=O. The number of carbonyl (C=O) groups is 1. The molecule has 140 valence electrons. The molecule has 9 heteroatoms. The number of fused-ring (bicyclic) bond motifs is 1. The van der Waals surface area contributed by atoms with E-state index in [0.29, 0.717) is 24.2 Å². The summed E-state index contributed by atoms with van der Waals surface area (Å²) in [4.78, 5) is 42.9. The van der Waals surface area contributed by atoms with Gasteiger partial charge in [0.25, 0.3) is 17.0 Å². The third-order valence-corrected chi connectivity index (χ3v) is 5.06. The molecule has 1 aliphatic rings. The highest BCUT2D eigenvalue weighted by Gasteiger charge is 2.33. The molecule has 2 N–H and O–H groups in total. The Hall–Kier alpha value is -3.23. The Morgan fingerprint density at radius 1 is 1.33 bits per heavy atom. The van der Waals surface area contributed by atoms with E-state index in [1.165, 1.54) is 16.6 Å². The average molecular weight is 368 g/mol. The van der Waals surface area contributed by atoms with E-state index in [-0.39, 0.29) is 28.8 Å². The zero-order valence-corrected chi connectivity index (χ0v) is 15.2. The van der Waals surface area contributed by atoms with Crippen molar-refractivity contribution in [1.29, 1.82) is 0 Å². The van der Waals surface area contributed by atoms with Crippen molar-refractivity contribution in [2.45, 2.75) is 39.2 Å². The van der Waals surface area contributed by atoms with Crippen LogP contribution in [0.5, 0.6) is 0 Å². The second-order valence-corrected chi connectivity index (χ2v) is 6.70. The minimum absolute atomic E-state index is 0.107. The van der Waals surface area contributed by atoms with Crippen molar-refractivity contribution in [2.75, 3.05) is 6.54 Å². The summed E-state index contributed by atoms with van der Waals surface area (Å²) in [6.07, 6.45) is 2.23.